The molecule has 4 rings (SSSR count). The number of aromatic nitrogens is 1. The minimum absolute atomic E-state index is 0.0664. The molecule has 1 aromatic heterocycles. The van der Waals surface area contributed by atoms with E-state index in [0.717, 1.165) is 39.0 Å². The summed E-state index contributed by atoms with van der Waals surface area (Å²) in [6.45, 7) is 4.45. The van der Waals surface area contributed by atoms with E-state index >= 15 is 0 Å². The Morgan fingerprint density at radius 1 is 0.643 bits per heavy atom. The highest BCUT2D eigenvalue weighted by Crippen LogP contribution is 2.17. The van der Waals surface area contributed by atoms with Gasteiger partial charge >= 0.3 is 0 Å². The zero-order valence-electron chi connectivity index (χ0n) is 16.1. The molecule has 0 spiro atoms. The van der Waals surface area contributed by atoms with Gasteiger partial charge in [0.05, 0.1) is 0 Å². The summed E-state index contributed by atoms with van der Waals surface area (Å²) < 4.78 is 0. The minimum Gasteiger partial charge on any atom is -0.368 e. The number of rotatable bonds is 3. The summed E-state index contributed by atoms with van der Waals surface area (Å²) in [7, 11) is 0. The predicted molar refractivity (Wildman–Crippen MR) is 109 cm³/mol. The lowest BCUT2D eigenvalue weighted by atomic mass is 10.1. The average Bonchev–Trinajstić information content (AvgIpc) is 2.79. The molecule has 2 aliphatic heterocycles. The van der Waals surface area contributed by atoms with Crippen LogP contribution in [-0.4, -0.2) is 65.9 Å². The maximum absolute atomic E-state index is 12.9. The van der Waals surface area contributed by atoms with Gasteiger partial charge in [0.15, 0.2) is 0 Å². The summed E-state index contributed by atoms with van der Waals surface area (Å²) >= 11 is 0. The van der Waals surface area contributed by atoms with Gasteiger partial charge in [0.2, 0.25) is 0 Å². The van der Waals surface area contributed by atoms with Crippen molar-refractivity contribution in [2.24, 2.45) is 0 Å². The van der Waals surface area contributed by atoms with Gasteiger partial charge in [0.1, 0.15) is 11.4 Å². The van der Waals surface area contributed by atoms with E-state index in [0.29, 0.717) is 24.5 Å². The van der Waals surface area contributed by atoms with Gasteiger partial charge in [-0.05, 0) is 43.5 Å². The molecule has 2 saturated heterocycles. The van der Waals surface area contributed by atoms with E-state index in [2.05, 4.69) is 22.0 Å². The van der Waals surface area contributed by atoms with Crippen molar-refractivity contribution >= 4 is 17.5 Å². The molecular weight excluding hydrogens is 352 g/mol. The van der Waals surface area contributed by atoms with Crippen molar-refractivity contribution < 1.29 is 9.59 Å². The number of amides is 2. The second kappa shape index (κ2) is 8.42. The van der Waals surface area contributed by atoms with Crippen molar-refractivity contribution in [3.8, 4) is 0 Å². The SMILES string of the molecule is O=C(c1cccc(C(=O)N2CCN(c3ccccc3)CC2)n1)N1CCCCC1. The van der Waals surface area contributed by atoms with Crippen LogP contribution < -0.4 is 4.90 Å². The van der Waals surface area contributed by atoms with E-state index in [1.165, 1.54) is 12.1 Å². The van der Waals surface area contributed by atoms with E-state index in [1.807, 2.05) is 28.0 Å². The highest BCUT2D eigenvalue weighted by Gasteiger charge is 2.25. The molecule has 0 atom stereocenters. The highest BCUT2D eigenvalue weighted by atomic mass is 16.2. The Balaban J connectivity index is 1.40. The van der Waals surface area contributed by atoms with Gasteiger partial charge in [-0.15, -0.1) is 0 Å². The lowest BCUT2D eigenvalue weighted by Gasteiger charge is -2.36. The lowest BCUT2D eigenvalue weighted by Crippen LogP contribution is -2.49. The smallest absolute Gasteiger partial charge is 0.272 e. The maximum Gasteiger partial charge on any atom is 0.272 e. The van der Waals surface area contributed by atoms with Crippen molar-refractivity contribution in [3.05, 3.63) is 59.9 Å². The second-order valence-corrected chi connectivity index (χ2v) is 7.38. The van der Waals surface area contributed by atoms with Crippen molar-refractivity contribution in [1.29, 1.82) is 0 Å². The van der Waals surface area contributed by atoms with Crippen molar-refractivity contribution in [3.63, 3.8) is 0 Å². The molecule has 0 saturated carbocycles. The number of carbonyl (C=O) groups excluding carboxylic acids is 2. The van der Waals surface area contributed by atoms with E-state index in [4.69, 9.17) is 0 Å². The van der Waals surface area contributed by atoms with E-state index in [-0.39, 0.29) is 11.8 Å². The van der Waals surface area contributed by atoms with Crippen LogP contribution in [0.1, 0.15) is 40.2 Å². The summed E-state index contributed by atoms with van der Waals surface area (Å²) in [5.74, 6) is -0.163. The first-order valence-electron chi connectivity index (χ1n) is 10.1. The summed E-state index contributed by atoms with van der Waals surface area (Å²) in [6.07, 6.45) is 3.25. The molecule has 0 aliphatic carbocycles. The van der Waals surface area contributed by atoms with E-state index in [1.54, 1.807) is 18.2 Å². The second-order valence-electron chi connectivity index (χ2n) is 7.38. The molecular formula is C22H26N4O2. The quantitative estimate of drug-likeness (QED) is 0.824. The molecule has 2 amide bonds. The maximum atomic E-state index is 12.9. The van der Waals surface area contributed by atoms with Gasteiger partial charge in [-0.1, -0.05) is 24.3 Å². The molecule has 2 fully saturated rings. The zero-order valence-corrected chi connectivity index (χ0v) is 16.1. The Bertz CT molecular complexity index is 825. The molecule has 2 aromatic rings. The number of nitrogens with zero attached hydrogens (tertiary/aromatic N) is 4. The number of piperidine rings is 1. The third-order valence-electron chi connectivity index (χ3n) is 5.52. The lowest BCUT2D eigenvalue weighted by molar-refractivity contribution is 0.0716. The van der Waals surface area contributed by atoms with Crippen LogP contribution in [0.2, 0.25) is 0 Å². The van der Waals surface area contributed by atoms with Gasteiger partial charge in [-0.2, -0.15) is 0 Å². The number of anilines is 1. The number of carbonyl (C=O) groups is 2. The van der Waals surface area contributed by atoms with Crippen LogP contribution in [0.3, 0.4) is 0 Å². The van der Waals surface area contributed by atoms with Crippen LogP contribution in [0.15, 0.2) is 48.5 Å². The van der Waals surface area contributed by atoms with Crippen LogP contribution in [0.4, 0.5) is 5.69 Å². The van der Waals surface area contributed by atoms with Crippen LogP contribution in [0, 0.1) is 0 Å². The number of hydrogen-bond acceptors (Lipinski definition) is 4. The first-order valence-corrected chi connectivity index (χ1v) is 10.1. The highest BCUT2D eigenvalue weighted by molar-refractivity contribution is 5.96. The molecule has 0 radical (unpaired) electrons. The number of benzene rings is 1. The molecule has 28 heavy (non-hydrogen) atoms. The van der Waals surface area contributed by atoms with Gasteiger partial charge in [-0.25, -0.2) is 4.98 Å². The van der Waals surface area contributed by atoms with E-state index < -0.39 is 0 Å². The van der Waals surface area contributed by atoms with Crippen LogP contribution in [-0.2, 0) is 0 Å². The Kier molecular flexibility index (Phi) is 5.55. The standard InChI is InChI=1S/C22H26N4O2/c27-21(25-12-5-2-6-13-25)19-10-7-11-20(23-19)22(28)26-16-14-24(15-17-26)18-8-3-1-4-9-18/h1,3-4,7-11H,2,5-6,12-17H2. The Morgan fingerprint density at radius 2 is 1.21 bits per heavy atom. The summed E-state index contributed by atoms with van der Waals surface area (Å²) in [6, 6.07) is 15.4. The molecule has 2 aliphatic rings. The minimum atomic E-state index is -0.0963. The van der Waals surface area contributed by atoms with E-state index in [9.17, 15) is 9.59 Å². The van der Waals surface area contributed by atoms with Crippen molar-refractivity contribution in [2.45, 2.75) is 19.3 Å². The van der Waals surface area contributed by atoms with Gasteiger partial charge in [0, 0.05) is 45.0 Å². The summed E-state index contributed by atoms with van der Waals surface area (Å²) in [4.78, 5) is 36.0. The molecule has 6 nitrogen and oxygen atoms in total. The number of pyridine rings is 1. The Labute approximate surface area is 165 Å². The molecule has 3 heterocycles. The Hall–Kier alpha value is -2.89. The molecule has 0 unspecified atom stereocenters. The van der Waals surface area contributed by atoms with Crippen molar-refractivity contribution in [1.82, 2.24) is 14.8 Å². The van der Waals surface area contributed by atoms with Crippen molar-refractivity contribution in [2.75, 3.05) is 44.2 Å². The van der Waals surface area contributed by atoms with Gasteiger partial charge < -0.3 is 14.7 Å². The number of hydrogen-bond donors (Lipinski definition) is 0. The fraction of sp³-hybridized carbons (Fsp3) is 0.409. The first-order chi connectivity index (χ1) is 13.7. The fourth-order valence-electron chi connectivity index (χ4n) is 3.90. The molecule has 0 N–H and O–H groups in total. The van der Waals surface area contributed by atoms with Crippen LogP contribution in [0.25, 0.3) is 0 Å². The third-order valence-corrected chi connectivity index (χ3v) is 5.52. The first kappa shape index (κ1) is 18.5. The third kappa shape index (κ3) is 4.01. The number of piperazine rings is 1. The largest absolute Gasteiger partial charge is 0.368 e. The number of para-hydroxylation sites is 1. The average molecular weight is 378 g/mol. The van der Waals surface area contributed by atoms with Crippen LogP contribution >= 0.6 is 0 Å². The predicted octanol–water partition coefficient (Wildman–Crippen LogP) is 2.67. The molecule has 6 heteroatoms. The number of likely N-dealkylation sites (tertiary alicyclic amines) is 1. The monoisotopic (exact) mass is 378 g/mol. The topological polar surface area (TPSA) is 56.8 Å². The van der Waals surface area contributed by atoms with Gasteiger partial charge in [-0.3, -0.25) is 9.59 Å². The molecule has 0 bridgehead atoms. The fourth-order valence-corrected chi connectivity index (χ4v) is 3.90. The normalized spacial score (nSPS) is 17.5. The summed E-state index contributed by atoms with van der Waals surface area (Å²) in [5, 5.41) is 0. The Morgan fingerprint density at radius 3 is 1.82 bits per heavy atom. The zero-order chi connectivity index (χ0) is 19.3. The summed E-state index contributed by atoms with van der Waals surface area (Å²) in [5.41, 5.74) is 1.91. The van der Waals surface area contributed by atoms with Crippen LogP contribution in [0.5, 0.6) is 0 Å². The van der Waals surface area contributed by atoms with Gasteiger partial charge in [0.25, 0.3) is 11.8 Å². The molecule has 146 valence electrons. The molecule has 1 aromatic carbocycles.